The second-order valence-electron chi connectivity index (χ2n) is 5.14. The zero-order valence-corrected chi connectivity index (χ0v) is 12.2. The lowest BCUT2D eigenvalue weighted by molar-refractivity contribution is 0.119. The Morgan fingerprint density at radius 3 is 2.65 bits per heavy atom. The van der Waals surface area contributed by atoms with Gasteiger partial charge in [0.05, 0.1) is 6.10 Å². The normalized spacial score (nSPS) is 17.8. The number of nitrogens with zero attached hydrogens (tertiary/aromatic N) is 1. The summed E-state index contributed by atoms with van der Waals surface area (Å²) in [7, 11) is 0. The molecule has 0 saturated heterocycles. The van der Waals surface area contributed by atoms with Gasteiger partial charge in [0, 0.05) is 24.5 Å². The van der Waals surface area contributed by atoms with Gasteiger partial charge in [0.25, 0.3) is 0 Å². The zero-order valence-electron chi connectivity index (χ0n) is 11.4. The molecule has 1 N–H and O–H groups in total. The lowest BCUT2D eigenvalue weighted by atomic mass is 10.0. The van der Waals surface area contributed by atoms with E-state index in [-0.39, 0.29) is 0 Å². The highest BCUT2D eigenvalue weighted by atomic mass is 32.1. The molecule has 0 spiro atoms. The van der Waals surface area contributed by atoms with E-state index in [9.17, 15) is 5.11 Å². The van der Waals surface area contributed by atoms with Crippen LogP contribution in [-0.4, -0.2) is 29.6 Å². The summed E-state index contributed by atoms with van der Waals surface area (Å²) in [6.45, 7) is 2.66. The molecule has 2 nitrogen and oxygen atoms in total. The maximum atomic E-state index is 10.3. The van der Waals surface area contributed by atoms with E-state index in [1.165, 1.54) is 10.5 Å². The molecule has 0 amide bonds. The molecule has 0 fully saturated rings. The second-order valence-corrected chi connectivity index (χ2v) is 6.09. The summed E-state index contributed by atoms with van der Waals surface area (Å²) in [5, 5.41) is 12.4. The van der Waals surface area contributed by atoms with Gasteiger partial charge < -0.3 is 5.11 Å². The van der Waals surface area contributed by atoms with Crippen LogP contribution in [-0.2, 0) is 0 Å². The predicted molar refractivity (Wildman–Crippen MR) is 84.8 cm³/mol. The average Bonchev–Trinajstić information content (AvgIpc) is 3.03. The van der Waals surface area contributed by atoms with Gasteiger partial charge in [-0.3, -0.25) is 4.90 Å². The molecule has 3 rings (SSSR count). The van der Waals surface area contributed by atoms with Crippen LogP contribution in [0.3, 0.4) is 0 Å². The summed E-state index contributed by atoms with van der Waals surface area (Å²) in [4.78, 5) is 3.70. The first-order chi connectivity index (χ1) is 9.83. The fourth-order valence-corrected chi connectivity index (χ4v) is 3.38. The van der Waals surface area contributed by atoms with Crippen LogP contribution in [0.25, 0.3) is 5.57 Å². The highest BCUT2D eigenvalue weighted by Crippen LogP contribution is 2.26. The van der Waals surface area contributed by atoms with E-state index >= 15 is 0 Å². The minimum Gasteiger partial charge on any atom is -0.387 e. The van der Waals surface area contributed by atoms with E-state index in [1.54, 1.807) is 11.3 Å². The molecule has 2 aromatic rings. The molecule has 1 unspecified atom stereocenters. The fraction of sp³-hybridized carbons (Fsp3) is 0.294. The van der Waals surface area contributed by atoms with Gasteiger partial charge >= 0.3 is 0 Å². The van der Waals surface area contributed by atoms with E-state index < -0.39 is 6.10 Å². The Labute approximate surface area is 124 Å². The smallest absolute Gasteiger partial charge is 0.0917 e. The third-order valence-electron chi connectivity index (χ3n) is 3.75. The van der Waals surface area contributed by atoms with Gasteiger partial charge in [0.2, 0.25) is 0 Å². The van der Waals surface area contributed by atoms with Gasteiger partial charge in [-0.2, -0.15) is 0 Å². The molecule has 0 saturated carbocycles. The van der Waals surface area contributed by atoms with Crippen molar-refractivity contribution in [2.24, 2.45) is 0 Å². The van der Waals surface area contributed by atoms with Gasteiger partial charge in [-0.1, -0.05) is 42.5 Å². The van der Waals surface area contributed by atoms with Crippen LogP contribution in [0.4, 0.5) is 0 Å². The average molecular weight is 285 g/mol. The molecule has 1 aromatic heterocycles. The number of rotatable bonds is 4. The number of aliphatic hydroxyl groups excluding tert-OH is 1. The Balaban J connectivity index is 1.59. The van der Waals surface area contributed by atoms with Crippen molar-refractivity contribution >= 4 is 16.9 Å². The predicted octanol–water partition coefficient (Wildman–Crippen LogP) is 3.57. The van der Waals surface area contributed by atoms with Crippen LogP contribution >= 0.6 is 11.3 Å². The third kappa shape index (κ3) is 3.18. The molecule has 3 heteroatoms. The molecular formula is C17H19NOS. The third-order valence-corrected chi connectivity index (χ3v) is 4.69. The van der Waals surface area contributed by atoms with Crippen molar-refractivity contribution in [2.75, 3.05) is 19.6 Å². The first-order valence-corrected chi connectivity index (χ1v) is 7.89. The van der Waals surface area contributed by atoms with Crippen LogP contribution in [0.2, 0.25) is 0 Å². The van der Waals surface area contributed by atoms with Gasteiger partial charge in [-0.25, -0.2) is 0 Å². The van der Waals surface area contributed by atoms with Crippen LogP contribution in [0.1, 0.15) is 23.0 Å². The summed E-state index contributed by atoms with van der Waals surface area (Å²) in [6.07, 6.45) is 2.97. The lowest BCUT2D eigenvalue weighted by Gasteiger charge is -2.28. The van der Waals surface area contributed by atoms with Crippen molar-refractivity contribution in [1.29, 1.82) is 0 Å². The molecular weight excluding hydrogens is 266 g/mol. The van der Waals surface area contributed by atoms with Gasteiger partial charge in [0.1, 0.15) is 0 Å². The quantitative estimate of drug-likeness (QED) is 0.928. The fourth-order valence-electron chi connectivity index (χ4n) is 2.59. The number of aliphatic hydroxyl groups is 1. The van der Waals surface area contributed by atoms with E-state index in [1.807, 2.05) is 30.3 Å². The maximum absolute atomic E-state index is 10.3. The number of hydrogen-bond acceptors (Lipinski definition) is 3. The zero-order chi connectivity index (χ0) is 13.8. The summed E-state index contributed by atoms with van der Waals surface area (Å²) in [5.41, 5.74) is 2.45. The first-order valence-electron chi connectivity index (χ1n) is 7.01. The van der Waals surface area contributed by atoms with Crippen LogP contribution in [0, 0.1) is 0 Å². The van der Waals surface area contributed by atoms with Crippen LogP contribution < -0.4 is 0 Å². The molecule has 1 aliphatic heterocycles. The second kappa shape index (κ2) is 6.35. The highest BCUT2D eigenvalue weighted by molar-refractivity contribution is 7.11. The van der Waals surface area contributed by atoms with Gasteiger partial charge in [0.15, 0.2) is 0 Å². The van der Waals surface area contributed by atoms with Crippen LogP contribution in [0.15, 0.2) is 53.9 Å². The number of thiophene rings is 1. The monoisotopic (exact) mass is 285 g/mol. The Morgan fingerprint density at radius 2 is 2.00 bits per heavy atom. The van der Waals surface area contributed by atoms with E-state index in [0.717, 1.165) is 25.1 Å². The van der Waals surface area contributed by atoms with Crippen molar-refractivity contribution in [3.05, 3.63) is 64.4 Å². The topological polar surface area (TPSA) is 23.5 Å². The lowest BCUT2D eigenvalue weighted by Crippen LogP contribution is -2.32. The summed E-state index contributed by atoms with van der Waals surface area (Å²) < 4.78 is 0. The molecule has 0 bridgehead atoms. The van der Waals surface area contributed by atoms with Crippen molar-refractivity contribution in [3.8, 4) is 0 Å². The highest BCUT2D eigenvalue weighted by Gasteiger charge is 2.17. The summed E-state index contributed by atoms with van der Waals surface area (Å²) in [5.74, 6) is 0. The minimum absolute atomic E-state index is 0.395. The molecule has 1 aromatic carbocycles. The SMILES string of the molecule is OC(CN1CC=C(c2cccs2)CC1)c1ccccc1. The largest absolute Gasteiger partial charge is 0.387 e. The Bertz CT molecular complexity index is 562. The van der Waals surface area contributed by atoms with E-state index in [0.29, 0.717) is 6.54 Å². The summed E-state index contributed by atoms with van der Waals surface area (Å²) >= 11 is 1.81. The molecule has 1 atom stereocenters. The first kappa shape index (κ1) is 13.6. The Kier molecular flexibility index (Phi) is 4.31. The number of β-amino-alcohol motifs (C(OH)–C–C–N with tert-alkyl or cyclic N) is 1. The number of hydrogen-bond donors (Lipinski definition) is 1. The van der Waals surface area contributed by atoms with E-state index in [4.69, 9.17) is 0 Å². The maximum Gasteiger partial charge on any atom is 0.0917 e. The molecule has 0 radical (unpaired) electrons. The van der Waals surface area contributed by atoms with Crippen molar-refractivity contribution < 1.29 is 5.11 Å². The molecule has 0 aliphatic carbocycles. The minimum atomic E-state index is -0.395. The van der Waals surface area contributed by atoms with Crippen LogP contribution in [0.5, 0.6) is 0 Å². The van der Waals surface area contributed by atoms with Gasteiger partial charge in [-0.15, -0.1) is 11.3 Å². The van der Waals surface area contributed by atoms with Crippen molar-refractivity contribution in [1.82, 2.24) is 4.90 Å². The van der Waals surface area contributed by atoms with Gasteiger partial charge in [-0.05, 0) is 29.0 Å². The Morgan fingerprint density at radius 1 is 1.15 bits per heavy atom. The summed E-state index contributed by atoms with van der Waals surface area (Å²) in [6, 6.07) is 14.2. The molecule has 104 valence electrons. The van der Waals surface area contributed by atoms with Crippen molar-refractivity contribution in [2.45, 2.75) is 12.5 Å². The Hall–Kier alpha value is -1.42. The standard InChI is InChI=1S/C17H19NOS/c19-16(14-5-2-1-3-6-14)13-18-10-8-15(9-11-18)17-7-4-12-20-17/h1-8,12,16,19H,9-11,13H2. The molecule has 2 heterocycles. The van der Waals surface area contributed by atoms with Crippen molar-refractivity contribution in [3.63, 3.8) is 0 Å². The molecule has 1 aliphatic rings. The molecule has 20 heavy (non-hydrogen) atoms. The van der Waals surface area contributed by atoms with E-state index in [2.05, 4.69) is 28.5 Å². The number of benzene rings is 1.